The van der Waals surface area contributed by atoms with Crippen LogP contribution in [0, 0.1) is 0 Å². The molecule has 5 nitrogen and oxygen atoms in total. The maximum Gasteiger partial charge on any atom is 0.242 e. The van der Waals surface area contributed by atoms with Crippen molar-refractivity contribution >= 4 is 40.1 Å². The predicted molar refractivity (Wildman–Crippen MR) is 92.9 cm³/mol. The van der Waals surface area contributed by atoms with Crippen molar-refractivity contribution in [2.75, 3.05) is 0 Å². The van der Waals surface area contributed by atoms with Gasteiger partial charge in [0.2, 0.25) is 11.8 Å². The van der Waals surface area contributed by atoms with Crippen molar-refractivity contribution in [3.63, 3.8) is 0 Å². The van der Waals surface area contributed by atoms with E-state index in [1.54, 1.807) is 12.3 Å². The Morgan fingerprint density at radius 3 is 2.87 bits per heavy atom. The van der Waals surface area contributed by atoms with Gasteiger partial charge in [0.1, 0.15) is 10.1 Å². The molecule has 2 fully saturated rings. The van der Waals surface area contributed by atoms with Crippen molar-refractivity contribution in [3.8, 4) is 0 Å². The molecule has 2 aliphatic rings. The average Bonchev–Trinajstić information content (AvgIpc) is 3.13. The third kappa shape index (κ3) is 4.14. The first-order valence-corrected chi connectivity index (χ1v) is 9.26. The van der Waals surface area contributed by atoms with Gasteiger partial charge in [0.15, 0.2) is 0 Å². The molecule has 1 N–H and O–H groups in total. The van der Waals surface area contributed by atoms with Crippen molar-refractivity contribution in [1.82, 2.24) is 10.2 Å². The van der Waals surface area contributed by atoms with E-state index in [-0.39, 0.29) is 24.3 Å². The summed E-state index contributed by atoms with van der Waals surface area (Å²) < 4.78 is 5.78. The summed E-state index contributed by atoms with van der Waals surface area (Å²) in [6.07, 6.45) is 7.43. The van der Waals surface area contributed by atoms with E-state index in [9.17, 15) is 9.59 Å². The van der Waals surface area contributed by atoms with Crippen LogP contribution in [-0.4, -0.2) is 32.3 Å². The monoisotopic (exact) mass is 352 g/mol. The number of carbonyl (C=O) groups excluding carboxylic acids is 2. The quantitative estimate of drug-likeness (QED) is 0.826. The number of nitrogens with zero attached hydrogens (tertiary/aromatic N) is 1. The number of amides is 2. The second-order valence-corrected chi connectivity index (χ2v) is 7.82. The van der Waals surface area contributed by atoms with E-state index in [1.165, 1.54) is 35.9 Å². The molecular weight excluding hydrogens is 332 g/mol. The Hall–Kier alpha value is -1.34. The van der Waals surface area contributed by atoms with Crippen molar-refractivity contribution < 1.29 is 14.0 Å². The van der Waals surface area contributed by atoms with Gasteiger partial charge in [-0.05, 0) is 25.0 Å². The van der Waals surface area contributed by atoms with Crippen molar-refractivity contribution in [2.45, 2.75) is 56.4 Å². The Kier molecular flexibility index (Phi) is 5.38. The molecule has 0 radical (unpaired) electrons. The van der Waals surface area contributed by atoms with Gasteiger partial charge in [0.25, 0.3) is 0 Å². The summed E-state index contributed by atoms with van der Waals surface area (Å²) in [6.45, 7) is 0.332. The van der Waals surface area contributed by atoms with Crippen LogP contribution in [0.15, 0.2) is 22.8 Å². The lowest BCUT2D eigenvalue weighted by Crippen LogP contribution is -2.39. The van der Waals surface area contributed by atoms with Crippen LogP contribution in [-0.2, 0) is 16.1 Å². The molecule has 1 aromatic heterocycles. The molecular formula is C16H20N2O3S2. The van der Waals surface area contributed by atoms with Gasteiger partial charge < -0.3 is 9.73 Å². The van der Waals surface area contributed by atoms with Gasteiger partial charge in [-0.25, -0.2) is 0 Å². The summed E-state index contributed by atoms with van der Waals surface area (Å²) in [4.78, 5) is 26.2. The maximum absolute atomic E-state index is 12.5. The SMILES string of the molecule is O=C(C[C@H]1SC(=S)N(Cc2ccco2)C1=O)NC1CCCCC1. The van der Waals surface area contributed by atoms with Crippen LogP contribution in [0.3, 0.4) is 0 Å². The van der Waals surface area contributed by atoms with Gasteiger partial charge in [-0.1, -0.05) is 43.2 Å². The summed E-state index contributed by atoms with van der Waals surface area (Å²) in [5.74, 6) is 0.536. The van der Waals surface area contributed by atoms with Crippen molar-refractivity contribution in [1.29, 1.82) is 0 Å². The molecule has 1 aliphatic heterocycles. The number of furan rings is 1. The van der Waals surface area contributed by atoms with Crippen molar-refractivity contribution in [2.24, 2.45) is 0 Å². The van der Waals surface area contributed by atoms with Gasteiger partial charge in [-0.3, -0.25) is 14.5 Å². The third-order valence-corrected chi connectivity index (χ3v) is 5.82. The zero-order valence-corrected chi connectivity index (χ0v) is 14.5. The largest absolute Gasteiger partial charge is 0.467 e. The van der Waals surface area contributed by atoms with Crippen LogP contribution in [0.5, 0.6) is 0 Å². The molecule has 23 heavy (non-hydrogen) atoms. The molecule has 7 heteroatoms. The zero-order valence-electron chi connectivity index (χ0n) is 12.8. The number of nitrogens with one attached hydrogen (secondary N) is 1. The lowest BCUT2D eigenvalue weighted by molar-refractivity contribution is -0.130. The molecule has 1 aromatic rings. The summed E-state index contributed by atoms with van der Waals surface area (Å²) in [5.41, 5.74) is 0. The standard InChI is InChI=1S/C16H20N2O3S2/c19-14(17-11-5-2-1-3-6-11)9-13-15(20)18(16(22)23-13)10-12-7-4-8-21-12/h4,7-8,11,13H,1-3,5-6,9-10H2,(H,17,19)/t13-/m1/s1. The molecule has 124 valence electrons. The van der Waals surface area contributed by atoms with Crippen LogP contribution < -0.4 is 5.32 Å². The number of hydrogen-bond donors (Lipinski definition) is 1. The normalized spacial score (nSPS) is 22.6. The topological polar surface area (TPSA) is 62.6 Å². The number of rotatable bonds is 5. The fourth-order valence-electron chi connectivity index (χ4n) is 3.03. The van der Waals surface area contributed by atoms with Crippen LogP contribution in [0.1, 0.15) is 44.3 Å². The predicted octanol–water partition coefficient (Wildman–Crippen LogP) is 2.85. The molecule has 3 rings (SSSR count). The highest BCUT2D eigenvalue weighted by Crippen LogP contribution is 2.31. The minimum Gasteiger partial charge on any atom is -0.467 e. The Morgan fingerprint density at radius 1 is 1.39 bits per heavy atom. The minimum absolute atomic E-state index is 0.0506. The first-order valence-electron chi connectivity index (χ1n) is 7.97. The minimum atomic E-state index is -0.416. The summed E-state index contributed by atoms with van der Waals surface area (Å²) in [6, 6.07) is 3.86. The average molecular weight is 352 g/mol. The Balaban J connectivity index is 1.53. The van der Waals surface area contributed by atoms with E-state index in [4.69, 9.17) is 16.6 Å². The fraction of sp³-hybridized carbons (Fsp3) is 0.562. The molecule has 2 amide bonds. The second-order valence-electron chi connectivity index (χ2n) is 5.98. The number of thiocarbonyl (C=S) groups is 1. The zero-order chi connectivity index (χ0) is 16.2. The summed E-state index contributed by atoms with van der Waals surface area (Å²) >= 11 is 6.58. The van der Waals surface area contributed by atoms with E-state index < -0.39 is 5.25 Å². The van der Waals surface area contributed by atoms with Crippen LogP contribution >= 0.6 is 24.0 Å². The highest BCUT2D eigenvalue weighted by molar-refractivity contribution is 8.24. The molecule has 0 spiro atoms. The Bertz CT molecular complexity index is 582. The van der Waals surface area contributed by atoms with E-state index in [0.717, 1.165) is 12.8 Å². The third-order valence-electron chi connectivity index (χ3n) is 4.24. The second kappa shape index (κ2) is 7.49. The van der Waals surface area contributed by atoms with E-state index in [2.05, 4.69) is 5.32 Å². The molecule has 1 atom stereocenters. The Morgan fingerprint density at radius 2 is 2.17 bits per heavy atom. The fourth-order valence-corrected chi connectivity index (χ4v) is 4.52. The number of carbonyl (C=O) groups is 2. The lowest BCUT2D eigenvalue weighted by atomic mass is 9.95. The molecule has 2 heterocycles. The van der Waals surface area contributed by atoms with Gasteiger partial charge >= 0.3 is 0 Å². The summed E-state index contributed by atoms with van der Waals surface area (Å²) in [5, 5.41) is 2.64. The van der Waals surface area contributed by atoms with Crippen molar-refractivity contribution in [3.05, 3.63) is 24.2 Å². The van der Waals surface area contributed by atoms with Gasteiger partial charge in [0, 0.05) is 12.5 Å². The van der Waals surface area contributed by atoms with Gasteiger partial charge in [-0.15, -0.1) is 0 Å². The molecule has 1 aliphatic carbocycles. The molecule has 0 bridgehead atoms. The molecule has 1 saturated carbocycles. The number of hydrogen-bond acceptors (Lipinski definition) is 5. The van der Waals surface area contributed by atoms with Gasteiger partial charge in [-0.2, -0.15) is 0 Å². The summed E-state index contributed by atoms with van der Waals surface area (Å²) in [7, 11) is 0. The Labute approximate surface area is 145 Å². The van der Waals surface area contributed by atoms with E-state index in [1.807, 2.05) is 6.07 Å². The van der Waals surface area contributed by atoms with Gasteiger partial charge in [0.05, 0.1) is 18.1 Å². The molecule has 1 saturated heterocycles. The van der Waals surface area contributed by atoms with Crippen LogP contribution in [0.2, 0.25) is 0 Å². The molecule has 0 aromatic carbocycles. The maximum atomic E-state index is 12.5. The highest BCUT2D eigenvalue weighted by Gasteiger charge is 2.38. The molecule has 0 unspecified atom stereocenters. The number of thioether (sulfide) groups is 1. The van der Waals surface area contributed by atoms with Crippen LogP contribution in [0.4, 0.5) is 0 Å². The van der Waals surface area contributed by atoms with E-state index >= 15 is 0 Å². The lowest BCUT2D eigenvalue weighted by Gasteiger charge is -2.23. The first kappa shape index (κ1) is 16.5. The first-order chi connectivity index (χ1) is 11.1. The van der Waals surface area contributed by atoms with Crippen LogP contribution in [0.25, 0.3) is 0 Å². The smallest absolute Gasteiger partial charge is 0.242 e. The highest BCUT2D eigenvalue weighted by atomic mass is 32.2. The van der Waals surface area contributed by atoms with E-state index in [0.29, 0.717) is 16.6 Å².